The molecule has 156 valence electrons. The predicted molar refractivity (Wildman–Crippen MR) is 126 cm³/mol. The summed E-state index contributed by atoms with van der Waals surface area (Å²) in [6.45, 7) is 4.00. The van der Waals surface area contributed by atoms with Gasteiger partial charge in [0.2, 0.25) is 0 Å². The molecule has 0 aliphatic carbocycles. The zero-order valence-corrected chi connectivity index (χ0v) is 17.8. The zero-order chi connectivity index (χ0) is 21.9. The minimum atomic E-state index is -0.511. The second-order valence-electron chi connectivity index (χ2n) is 6.71. The first kappa shape index (κ1) is 21.9. The number of carbonyl (C=O) groups excluding carboxylic acids is 1. The summed E-state index contributed by atoms with van der Waals surface area (Å²) in [6, 6.07) is 30.4. The van der Waals surface area contributed by atoms with Crippen LogP contribution in [0, 0.1) is 0 Å². The second kappa shape index (κ2) is 11.4. The van der Waals surface area contributed by atoms with Gasteiger partial charge in [0.15, 0.2) is 5.78 Å². The number of aromatic nitrogens is 2. The van der Waals surface area contributed by atoms with E-state index in [2.05, 4.69) is 15.3 Å². The number of pyridine rings is 2. The first-order valence-electron chi connectivity index (χ1n) is 10.6. The molecule has 2 heterocycles. The standard InChI is InChI=1S/C25H21N3O.C2H6/c29-25(20-13-5-2-6-14-20)23(21-15-7-9-17-26-21)24(19-11-3-1-4-12-19)28-22-16-8-10-18-27-22;1-2/h1-18,23-24H,(H,27,28);1-2H3. The Morgan fingerprint density at radius 2 is 1.29 bits per heavy atom. The van der Waals surface area contributed by atoms with Crippen molar-refractivity contribution in [3.05, 3.63) is 126 Å². The van der Waals surface area contributed by atoms with Crippen molar-refractivity contribution in [2.45, 2.75) is 25.8 Å². The minimum Gasteiger partial charge on any atom is -0.362 e. The molecule has 0 fully saturated rings. The fraction of sp³-hybridized carbons (Fsp3) is 0.148. The van der Waals surface area contributed by atoms with E-state index in [0.29, 0.717) is 11.4 Å². The number of hydrogen-bond acceptors (Lipinski definition) is 4. The number of nitrogens with one attached hydrogen (secondary N) is 1. The largest absolute Gasteiger partial charge is 0.362 e. The molecule has 31 heavy (non-hydrogen) atoms. The van der Waals surface area contributed by atoms with Crippen LogP contribution in [0.1, 0.15) is 47.4 Å². The Balaban J connectivity index is 0.00000132. The van der Waals surface area contributed by atoms with Crippen molar-refractivity contribution in [1.29, 1.82) is 0 Å². The Labute approximate surface area is 184 Å². The molecule has 4 aromatic rings. The van der Waals surface area contributed by atoms with E-state index in [0.717, 1.165) is 11.3 Å². The molecule has 0 aliphatic rings. The van der Waals surface area contributed by atoms with Crippen LogP contribution in [-0.4, -0.2) is 15.8 Å². The summed E-state index contributed by atoms with van der Waals surface area (Å²) in [5.41, 5.74) is 2.38. The molecule has 2 aromatic carbocycles. The fourth-order valence-electron chi connectivity index (χ4n) is 3.43. The molecule has 2 atom stereocenters. The van der Waals surface area contributed by atoms with Crippen LogP contribution >= 0.6 is 0 Å². The van der Waals surface area contributed by atoms with Gasteiger partial charge in [0, 0.05) is 18.0 Å². The normalized spacial score (nSPS) is 12.1. The van der Waals surface area contributed by atoms with Gasteiger partial charge < -0.3 is 5.32 Å². The Morgan fingerprint density at radius 1 is 0.710 bits per heavy atom. The average Bonchev–Trinajstić information content (AvgIpc) is 2.87. The lowest BCUT2D eigenvalue weighted by atomic mass is 9.84. The topological polar surface area (TPSA) is 54.9 Å². The summed E-state index contributed by atoms with van der Waals surface area (Å²) in [7, 11) is 0. The summed E-state index contributed by atoms with van der Waals surface area (Å²) in [6.07, 6.45) is 3.46. The number of benzene rings is 2. The van der Waals surface area contributed by atoms with Gasteiger partial charge in [0.05, 0.1) is 17.7 Å². The van der Waals surface area contributed by atoms with Crippen LogP contribution in [0.5, 0.6) is 0 Å². The van der Waals surface area contributed by atoms with Gasteiger partial charge in [0.25, 0.3) is 0 Å². The Kier molecular flexibility index (Phi) is 8.06. The first-order valence-corrected chi connectivity index (χ1v) is 10.6. The molecule has 4 heteroatoms. The van der Waals surface area contributed by atoms with Crippen molar-refractivity contribution in [3.8, 4) is 0 Å². The van der Waals surface area contributed by atoms with Crippen molar-refractivity contribution in [2.24, 2.45) is 0 Å². The molecule has 0 saturated carbocycles. The summed E-state index contributed by atoms with van der Waals surface area (Å²) >= 11 is 0. The highest BCUT2D eigenvalue weighted by molar-refractivity contribution is 6.01. The molecule has 0 saturated heterocycles. The number of rotatable bonds is 7. The SMILES string of the molecule is CC.O=C(c1ccccc1)C(c1ccccn1)C(Nc1ccccn1)c1ccccc1. The number of carbonyl (C=O) groups is 1. The summed E-state index contributed by atoms with van der Waals surface area (Å²) in [5.74, 6) is 0.215. The van der Waals surface area contributed by atoms with Crippen LogP contribution in [-0.2, 0) is 0 Å². The third-order valence-corrected chi connectivity index (χ3v) is 4.81. The van der Waals surface area contributed by atoms with Crippen LogP contribution in [0.25, 0.3) is 0 Å². The number of nitrogens with zero attached hydrogens (tertiary/aromatic N) is 2. The minimum absolute atomic E-state index is 0.0154. The first-order chi connectivity index (χ1) is 15.3. The van der Waals surface area contributed by atoms with Gasteiger partial charge in [-0.3, -0.25) is 9.78 Å². The lowest BCUT2D eigenvalue weighted by Gasteiger charge is -2.28. The van der Waals surface area contributed by atoms with Gasteiger partial charge in [-0.05, 0) is 29.8 Å². The second-order valence-corrected chi connectivity index (χ2v) is 6.71. The summed E-state index contributed by atoms with van der Waals surface area (Å²) < 4.78 is 0. The lowest BCUT2D eigenvalue weighted by molar-refractivity contribution is 0.0948. The Bertz CT molecular complexity index is 1040. The van der Waals surface area contributed by atoms with E-state index in [4.69, 9.17) is 0 Å². The number of hydrogen-bond donors (Lipinski definition) is 1. The average molecular weight is 410 g/mol. The predicted octanol–water partition coefficient (Wildman–Crippen LogP) is 6.32. The van der Waals surface area contributed by atoms with Crippen molar-refractivity contribution < 1.29 is 4.79 Å². The van der Waals surface area contributed by atoms with Gasteiger partial charge in [0.1, 0.15) is 5.82 Å². The molecule has 4 nitrogen and oxygen atoms in total. The van der Waals surface area contributed by atoms with E-state index in [-0.39, 0.29) is 11.8 Å². The van der Waals surface area contributed by atoms with Crippen molar-refractivity contribution in [3.63, 3.8) is 0 Å². The van der Waals surface area contributed by atoms with Crippen molar-refractivity contribution in [1.82, 2.24) is 9.97 Å². The lowest BCUT2D eigenvalue weighted by Crippen LogP contribution is -2.27. The fourth-order valence-corrected chi connectivity index (χ4v) is 3.43. The molecule has 4 rings (SSSR count). The van der Waals surface area contributed by atoms with Crippen LogP contribution in [0.2, 0.25) is 0 Å². The summed E-state index contributed by atoms with van der Waals surface area (Å²) in [5, 5.41) is 3.47. The zero-order valence-electron chi connectivity index (χ0n) is 17.8. The quantitative estimate of drug-likeness (QED) is 0.363. The maximum Gasteiger partial charge on any atom is 0.174 e. The molecular formula is C27H27N3O. The highest BCUT2D eigenvalue weighted by atomic mass is 16.1. The highest BCUT2D eigenvalue weighted by Gasteiger charge is 2.33. The number of ketones is 1. The van der Waals surface area contributed by atoms with Gasteiger partial charge in [-0.25, -0.2) is 4.98 Å². The summed E-state index contributed by atoms with van der Waals surface area (Å²) in [4.78, 5) is 22.6. The van der Waals surface area contributed by atoms with Crippen molar-refractivity contribution >= 4 is 11.6 Å². The van der Waals surface area contributed by atoms with Crippen LogP contribution in [0.3, 0.4) is 0 Å². The van der Waals surface area contributed by atoms with E-state index >= 15 is 0 Å². The monoisotopic (exact) mass is 409 g/mol. The molecule has 0 aliphatic heterocycles. The molecule has 0 bridgehead atoms. The third-order valence-electron chi connectivity index (χ3n) is 4.81. The molecular weight excluding hydrogens is 382 g/mol. The molecule has 2 aromatic heterocycles. The van der Waals surface area contributed by atoms with Crippen LogP contribution < -0.4 is 5.32 Å². The number of Topliss-reactive ketones (excluding diaryl/α,β-unsaturated/α-hetero) is 1. The van der Waals surface area contributed by atoms with Crippen LogP contribution in [0.4, 0.5) is 5.82 Å². The van der Waals surface area contributed by atoms with E-state index in [1.54, 1.807) is 12.4 Å². The van der Waals surface area contributed by atoms with Gasteiger partial charge in [-0.2, -0.15) is 0 Å². The molecule has 0 radical (unpaired) electrons. The Morgan fingerprint density at radius 3 is 1.87 bits per heavy atom. The van der Waals surface area contributed by atoms with E-state index in [1.807, 2.05) is 111 Å². The van der Waals surface area contributed by atoms with E-state index in [9.17, 15) is 4.79 Å². The van der Waals surface area contributed by atoms with E-state index < -0.39 is 5.92 Å². The Hall–Kier alpha value is -3.79. The molecule has 0 amide bonds. The van der Waals surface area contributed by atoms with Gasteiger partial charge >= 0.3 is 0 Å². The van der Waals surface area contributed by atoms with Gasteiger partial charge in [-0.1, -0.05) is 86.6 Å². The third kappa shape index (κ3) is 5.64. The molecule has 1 N–H and O–H groups in total. The maximum absolute atomic E-state index is 13.6. The van der Waals surface area contributed by atoms with Crippen molar-refractivity contribution in [2.75, 3.05) is 5.32 Å². The smallest absolute Gasteiger partial charge is 0.174 e. The van der Waals surface area contributed by atoms with Crippen LogP contribution in [0.15, 0.2) is 109 Å². The van der Waals surface area contributed by atoms with Gasteiger partial charge in [-0.15, -0.1) is 0 Å². The van der Waals surface area contributed by atoms with E-state index in [1.165, 1.54) is 0 Å². The highest BCUT2D eigenvalue weighted by Crippen LogP contribution is 2.35. The molecule has 0 spiro atoms. The molecule has 2 unspecified atom stereocenters. The number of anilines is 1. The maximum atomic E-state index is 13.6.